The number of hydrogen-bond donors (Lipinski definition) is 1. The highest BCUT2D eigenvalue weighted by atomic mass is 31.2. The first-order valence-corrected chi connectivity index (χ1v) is 4.80. The van der Waals surface area contributed by atoms with Crippen LogP contribution in [0.2, 0.25) is 0 Å². The minimum atomic E-state index is -4.42. The smallest absolute Gasteiger partial charge is 0.110 e. The molecule has 0 aliphatic rings. The lowest BCUT2D eigenvalue weighted by molar-refractivity contribution is -0.431. The van der Waals surface area contributed by atoms with E-state index in [2.05, 4.69) is 5.73 Å². The van der Waals surface area contributed by atoms with E-state index in [0.29, 0.717) is 6.42 Å². The van der Waals surface area contributed by atoms with Crippen molar-refractivity contribution in [2.24, 2.45) is 5.92 Å². The molecular weight excluding hydrogens is 153 g/mol. The fourth-order valence-electron chi connectivity index (χ4n) is 0.673. The van der Waals surface area contributed by atoms with Crippen molar-refractivity contribution in [2.45, 2.75) is 26.1 Å². The molecule has 5 heteroatoms. The van der Waals surface area contributed by atoms with E-state index in [4.69, 9.17) is 0 Å². The fraction of sp³-hybridized carbons (Fsp3) is 1.00. The summed E-state index contributed by atoms with van der Waals surface area (Å²) in [6.07, 6.45) is 0.351. The third-order valence-electron chi connectivity index (χ3n) is 1.19. The number of hydrogen-bond acceptors (Lipinski definition) is 3. The Labute approximate surface area is 60.6 Å². The molecule has 0 aliphatic heterocycles. The van der Waals surface area contributed by atoms with E-state index < -0.39 is 13.4 Å². The molecule has 0 spiro atoms. The predicted octanol–water partition coefficient (Wildman–Crippen LogP) is -1.49. The van der Waals surface area contributed by atoms with Crippen LogP contribution in [0.5, 0.6) is 0 Å². The first-order chi connectivity index (χ1) is 4.34. The summed E-state index contributed by atoms with van der Waals surface area (Å²) in [5.41, 5.74) is 3.26. The zero-order chi connectivity index (χ0) is 8.36. The number of rotatable bonds is 3. The lowest BCUT2D eigenvalue weighted by atomic mass is 10.1. The Hall–Kier alpha value is 0.110. The van der Waals surface area contributed by atoms with Crippen molar-refractivity contribution >= 4 is 7.60 Å². The second-order valence-corrected chi connectivity index (χ2v) is 4.63. The molecule has 0 radical (unpaired) electrons. The van der Waals surface area contributed by atoms with Gasteiger partial charge in [0.05, 0.1) is 0 Å². The molecule has 0 aromatic rings. The predicted molar refractivity (Wildman–Crippen MR) is 33.7 cm³/mol. The van der Waals surface area contributed by atoms with E-state index in [1.807, 2.05) is 13.8 Å². The maximum absolute atomic E-state index is 10.3. The minimum Gasteiger partial charge on any atom is -0.807 e. The number of quaternary nitrogens is 1. The summed E-state index contributed by atoms with van der Waals surface area (Å²) in [4.78, 5) is 20.6. The molecule has 0 saturated carbocycles. The molecule has 0 saturated heterocycles. The molecule has 0 heterocycles. The van der Waals surface area contributed by atoms with Crippen LogP contribution in [0.4, 0.5) is 0 Å². The van der Waals surface area contributed by atoms with Gasteiger partial charge in [0.15, 0.2) is 0 Å². The summed E-state index contributed by atoms with van der Waals surface area (Å²) in [5.74, 6) is -0.758. The third-order valence-corrected chi connectivity index (χ3v) is 2.30. The lowest BCUT2D eigenvalue weighted by Gasteiger charge is -2.33. The van der Waals surface area contributed by atoms with Crippen LogP contribution in [0, 0.1) is 5.92 Å². The van der Waals surface area contributed by atoms with E-state index in [1.165, 1.54) is 0 Å². The molecule has 0 aromatic heterocycles. The summed E-state index contributed by atoms with van der Waals surface area (Å²) in [6.45, 7) is 3.71. The van der Waals surface area contributed by atoms with E-state index >= 15 is 0 Å². The lowest BCUT2D eigenvalue weighted by Crippen LogP contribution is -2.63. The molecule has 0 aromatic carbocycles. The van der Waals surface area contributed by atoms with Crippen LogP contribution in [-0.4, -0.2) is 5.78 Å². The highest BCUT2D eigenvalue weighted by molar-refractivity contribution is 7.49. The largest absolute Gasteiger partial charge is 0.807 e. The van der Waals surface area contributed by atoms with Gasteiger partial charge in [-0.2, -0.15) is 0 Å². The van der Waals surface area contributed by atoms with Gasteiger partial charge in [-0.3, -0.25) is 0 Å². The topological polar surface area (TPSA) is 90.8 Å². The second kappa shape index (κ2) is 3.49. The van der Waals surface area contributed by atoms with Crippen molar-refractivity contribution in [3.8, 4) is 0 Å². The van der Waals surface area contributed by atoms with Gasteiger partial charge in [0.1, 0.15) is 5.78 Å². The van der Waals surface area contributed by atoms with Gasteiger partial charge in [-0.1, -0.05) is 13.8 Å². The van der Waals surface area contributed by atoms with Crippen LogP contribution in [-0.2, 0) is 4.57 Å². The molecule has 0 fully saturated rings. The summed E-state index contributed by atoms with van der Waals surface area (Å²) in [7, 11) is -4.42. The molecule has 0 bridgehead atoms. The van der Waals surface area contributed by atoms with Gasteiger partial charge >= 0.3 is 0 Å². The Morgan fingerprint density at radius 1 is 1.50 bits per heavy atom. The molecule has 0 rings (SSSR count). The normalized spacial score (nSPS) is 15.8. The van der Waals surface area contributed by atoms with E-state index in [-0.39, 0.29) is 5.92 Å². The van der Waals surface area contributed by atoms with Crippen LogP contribution in [0.1, 0.15) is 20.3 Å². The molecule has 0 amide bonds. The van der Waals surface area contributed by atoms with Gasteiger partial charge in [-0.05, 0) is 13.5 Å². The van der Waals surface area contributed by atoms with Crippen molar-refractivity contribution in [3.63, 3.8) is 0 Å². The van der Waals surface area contributed by atoms with Crippen LogP contribution in [0.3, 0.4) is 0 Å². The Morgan fingerprint density at radius 3 is 2.00 bits per heavy atom. The van der Waals surface area contributed by atoms with Gasteiger partial charge in [-0.25, -0.2) is 0 Å². The van der Waals surface area contributed by atoms with Crippen molar-refractivity contribution in [3.05, 3.63) is 0 Å². The van der Waals surface area contributed by atoms with Gasteiger partial charge in [0.2, 0.25) is 0 Å². The summed E-state index contributed by atoms with van der Waals surface area (Å²) in [6, 6.07) is 0. The molecule has 10 heavy (non-hydrogen) atoms. The third kappa shape index (κ3) is 4.01. The quantitative estimate of drug-likeness (QED) is 0.518. The standard InChI is InChI=1S/C5H14NO3P/c1-4(2)3-5(6)10(7,8)9/h4-5H,3,6H2,1-2H3,(H2,7,8,9)/p-1/t5-/m0/s1. The van der Waals surface area contributed by atoms with Crippen molar-refractivity contribution in [1.29, 1.82) is 0 Å². The summed E-state index contributed by atoms with van der Waals surface area (Å²) >= 11 is 0. The zero-order valence-corrected chi connectivity index (χ0v) is 7.14. The maximum Gasteiger partial charge on any atom is 0.110 e. The van der Waals surface area contributed by atoms with Crippen LogP contribution >= 0.6 is 7.60 Å². The maximum atomic E-state index is 10.3. The van der Waals surface area contributed by atoms with Crippen LogP contribution < -0.4 is 15.5 Å². The molecule has 0 unspecified atom stereocenters. The highest BCUT2D eigenvalue weighted by Crippen LogP contribution is 2.29. The summed E-state index contributed by atoms with van der Waals surface area (Å²) < 4.78 is 10.3. The first-order valence-electron chi connectivity index (χ1n) is 3.19. The van der Waals surface area contributed by atoms with E-state index in [9.17, 15) is 14.4 Å². The Morgan fingerprint density at radius 2 is 1.90 bits per heavy atom. The molecule has 0 aliphatic carbocycles. The monoisotopic (exact) mass is 166 g/mol. The molecule has 62 valence electrons. The Kier molecular flexibility index (Phi) is 3.52. The Bertz CT molecular complexity index is 142. The van der Waals surface area contributed by atoms with Crippen molar-refractivity contribution in [2.75, 3.05) is 0 Å². The zero-order valence-electron chi connectivity index (χ0n) is 6.24. The van der Waals surface area contributed by atoms with Crippen LogP contribution in [0.25, 0.3) is 0 Å². The molecule has 1 atom stereocenters. The molecular formula is C5H13NO3P-. The average molecular weight is 166 g/mol. The van der Waals surface area contributed by atoms with Crippen molar-refractivity contribution in [1.82, 2.24) is 0 Å². The molecule has 4 nitrogen and oxygen atoms in total. The van der Waals surface area contributed by atoms with Crippen molar-refractivity contribution < 1.29 is 20.1 Å². The Balaban J connectivity index is 3.86. The average Bonchev–Trinajstić information content (AvgIpc) is 1.60. The first kappa shape index (κ1) is 10.1. The second-order valence-electron chi connectivity index (χ2n) is 2.82. The highest BCUT2D eigenvalue weighted by Gasteiger charge is 2.11. The van der Waals surface area contributed by atoms with Gasteiger partial charge in [-0.15, -0.1) is 0 Å². The fourth-order valence-corrected chi connectivity index (χ4v) is 1.35. The SMILES string of the molecule is CC(C)C[C@@H]([NH3+])P(=O)([O-])[O-]. The van der Waals surface area contributed by atoms with Gasteiger partial charge in [0.25, 0.3) is 0 Å². The summed E-state index contributed by atoms with van der Waals surface area (Å²) in [5, 5.41) is 0. The van der Waals surface area contributed by atoms with E-state index in [1.54, 1.807) is 0 Å². The van der Waals surface area contributed by atoms with Crippen LogP contribution in [0.15, 0.2) is 0 Å². The van der Waals surface area contributed by atoms with Gasteiger partial charge in [0, 0.05) is 6.42 Å². The minimum absolute atomic E-state index is 0.207. The molecule has 3 N–H and O–H groups in total. The van der Waals surface area contributed by atoms with E-state index in [0.717, 1.165) is 0 Å². The van der Waals surface area contributed by atoms with Gasteiger partial charge < -0.3 is 20.1 Å².